The summed E-state index contributed by atoms with van der Waals surface area (Å²) in [4.78, 5) is 0. The van der Waals surface area contributed by atoms with Crippen LogP contribution in [0.5, 0.6) is 0 Å². The average molecular weight is 449 g/mol. The Bertz CT molecular complexity index is 1730. The van der Waals surface area contributed by atoms with E-state index >= 15 is 0 Å². The number of benzene rings is 6. The minimum atomic E-state index is 1.01. The van der Waals surface area contributed by atoms with Gasteiger partial charge < -0.3 is 0 Å². The summed E-state index contributed by atoms with van der Waals surface area (Å²) in [6.07, 6.45) is 5.13. The molecule has 1 aliphatic carbocycles. The third-order valence-electron chi connectivity index (χ3n) is 7.14. The summed E-state index contributed by atoms with van der Waals surface area (Å²) in [5.41, 5.74) is 9.45. The van der Waals surface area contributed by atoms with Crippen LogP contribution in [0, 0.1) is 6.92 Å². The summed E-state index contributed by atoms with van der Waals surface area (Å²) in [5.74, 6) is 0. The summed E-state index contributed by atoms with van der Waals surface area (Å²) in [7, 11) is 0. The number of fused-ring (bicyclic) bond motifs is 1. The van der Waals surface area contributed by atoms with Gasteiger partial charge in [-0.25, -0.2) is 0 Å². The lowest BCUT2D eigenvalue weighted by atomic mass is 9.87. The molecule has 0 amide bonds. The molecule has 0 heterocycles. The monoisotopic (exact) mass is 448 g/mol. The highest BCUT2D eigenvalue weighted by molar-refractivity contribution is 6.27. The van der Waals surface area contributed by atoms with E-state index in [1.807, 2.05) is 6.92 Å². The van der Waals surface area contributed by atoms with Crippen LogP contribution in [0.4, 0.5) is 0 Å². The van der Waals surface area contributed by atoms with E-state index in [0.29, 0.717) is 0 Å². The molecule has 0 aliphatic heterocycles. The molecule has 6 aromatic carbocycles. The fourth-order valence-electron chi connectivity index (χ4n) is 5.52. The molecule has 1 aliphatic rings. The second kappa shape index (κ2) is 8.56. The lowest BCUT2D eigenvalue weighted by molar-refractivity contribution is 1.32. The lowest BCUT2D eigenvalue weighted by Gasteiger charge is -2.17. The maximum Gasteiger partial charge on any atom is -0.00135 e. The molecule has 0 spiro atoms. The molecule has 0 bridgehead atoms. The maximum absolute atomic E-state index is 3.36. The summed E-state index contributed by atoms with van der Waals surface area (Å²) in [6, 6.07) is 36.1. The molecule has 35 heavy (non-hydrogen) atoms. The van der Waals surface area contributed by atoms with Crippen LogP contribution in [0.1, 0.15) is 29.2 Å². The summed E-state index contributed by atoms with van der Waals surface area (Å²) >= 11 is 0. The summed E-state index contributed by atoms with van der Waals surface area (Å²) < 4.78 is 0. The summed E-state index contributed by atoms with van der Waals surface area (Å²) in [6.45, 7) is 7.39. The average Bonchev–Trinajstić information content (AvgIpc) is 3.32. The van der Waals surface area contributed by atoms with Crippen molar-refractivity contribution in [3.63, 3.8) is 0 Å². The van der Waals surface area contributed by atoms with Crippen molar-refractivity contribution in [1.82, 2.24) is 0 Å². The summed E-state index contributed by atoms with van der Waals surface area (Å²) in [5, 5.41) is 8.11. The van der Waals surface area contributed by atoms with Gasteiger partial charge in [0.2, 0.25) is 0 Å². The van der Waals surface area contributed by atoms with Crippen molar-refractivity contribution >= 4 is 44.0 Å². The number of allylic oxidation sites excluding steroid dienone is 2. The maximum atomic E-state index is 3.36. The first-order valence-corrected chi connectivity index (χ1v) is 12.3. The molecule has 0 fully saturated rings. The Hall–Kier alpha value is -4.16. The van der Waals surface area contributed by atoms with Gasteiger partial charge >= 0.3 is 0 Å². The first kappa shape index (κ1) is 21.4. The highest BCUT2D eigenvalue weighted by Gasteiger charge is 2.18. The third-order valence-corrected chi connectivity index (χ3v) is 7.14. The number of aryl methyl sites for hydroxylation is 1. The molecule has 168 valence electrons. The molecule has 0 atom stereocenters. The molecular weight excluding hydrogens is 420 g/mol. The molecule has 0 nitrogen and oxygen atoms in total. The zero-order valence-corrected chi connectivity index (χ0v) is 20.3. The van der Waals surface area contributed by atoms with Gasteiger partial charge in [-0.2, -0.15) is 0 Å². The Kier molecular flexibility index (Phi) is 5.23. The SMILES string of the molecule is C=CC.Cc1ccc(-c2ccc3ccc4c(C5=Cc6ccccc6C5)ccc5ccc2c3c54)cc1. The molecule has 0 heteroatoms. The minimum absolute atomic E-state index is 1.01. The highest BCUT2D eigenvalue weighted by Crippen LogP contribution is 2.43. The molecule has 6 aromatic rings. The van der Waals surface area contributed by atoms with E-state index in [0.717, 1.165) is 6.42 Å². The third kappa shape index (κ3) is 3.54. The number of hydrogen-bond acceptors (Lipinski definition) is 0. The largest absolute Gasteiger partial charge is 0.103 e. The van der Waals surface area contributed by atoms with E-state index in [1.54, 1.807) is 6.08 Å². The lowest BCUT2D eigenvalue weighted by Crippen LogP contribution is -1.92. The first-order chi connectivity index (χ1) is 17.2. The first-order valence-electron chi connectivity index (χ1n) is 12.3. The quantitative estimate of drug-likeness (QED) is 0.183. The molecule has 7 rings (SSSR count). The van der Waals surface area contributed by atoms with Gasteiger partial charge in [-0.05, 0) is 86.0 Å². The van der Waals surface area contributed by atoms with Gasteiger partial charge in [0.1, 0.15) is 0 Å². The van der Waals surface area contributed by atoms with Crippen LogP contribution in [-0.2, 0) is 6.42 Å². The van der Waals surface area contributed by atoms with Gasteiger partial charge in [-0.1, -0.05) is 115 Å². The van der Waals surface area contributed by atoms with Crippen molar-refractivity contribution in [1.29, 1.82) is 0 Å². The Balaban J connectivity index is 0.000000727. The molecule has 0 N–H and O–H groups in total. The number of rotatable bonds is 2. The predicted molar refractivity (Wildman–Crippen MR) is 154 cm³/mol. The van der Waals surface area contributed by atoms with Gasteiger partial charge in [0.25, 0.3) is 0 Å². The smallest absolute Gasteiger partial charge is 0.00135 e. The van der Waals surface area contributed by atoms with Crippen LogP contribution in [0.15, 0.2) is 110 Å². The van der Waals surface area contributed by atoms with Crippen molar-refractivity contribution in [2.75, 3.05) is 0 Å². The van der Waals surface area contributed by atoms with Crippen LogP contribution in [0.2, 0.25) is 0 Å². The van der Waals surface area contributed by atoms with E-state index in [9.17, 15) is 0 Å². The Morgan fingerprint density at radius 3 is 1.89 bits per heavy atom. The highest BCUT2D eigenvalue weighted by atomic mass is 14.2. The van der Waals surface area contributed by atoms with Gasteiger partial charge in [0, 0.05) is 0 Å². The Morgan fingerprint density at radius 1 is 0.657 bits per heavy atom. The van der Waals surface area contributed by atoms with Crippen LogP contribution in [0.25, 0.3) is 55.1 Å². The standard InChI is InChI=1S/C32H22.C3H6/c1-20-6-8-21(9-7-20)27-14-10-22-13-17-30-28(26-18-24-4-2-3-5-25(24)19-26)15-11-23-12-16-29(27)31(22)32(23)30;1-3-2/h2-18H,19H2,1H3;3H,1H2,2H3. The Labute approximate surface area is 207 Å². The van der Waals surface area contributed by atoms with Crippen molar-refractivity contribution in [2.24, 2.45) is 0 Å². The topological polar surface area (TPSA) is 0 Å². The van der Waals surface area contributed by atoms with Crippen LogP contribution < -0.4 is 0 Å². The molecule has 0 saturated carbocycles. The fraction of sp³-hybridized carbons (Fsp3) is 0.0857. The van der Waals surface area contributed by atoms with Crippen molar-refractivity contribution in [2.45, 2.75) is 20.3 Å². The number of hydrogen-bond donors (Lipinski definition) is 0. The van der Waals surface area contributed by atoms with Crippen LogP contribution >= 0.6 is 0 Å². The van der Waals surface area contributed by atoms with Crippen molar-refractivity contribution in [3.05, 3.63) is 132 Å². The molecule has 0 unspecified atom stereocenters. The fourth-order valence-corrected chi connectivity index (χ4v) is 5.52. The second-order valence-corrected chi connectivity index (χ2v) is 9.47. The van der Waals surface area contributed by atoms with Crippen LogP contribution in [0.3, 0.4) is 0 Å². The van der Waals surface area contributed by atoms with Gasteiger partial charge in [-0.15, -0.1) is 6.58 Å². The predicted octanol–water partition coefficient (Wildman–Crippen LogP) is 9.85. The molecule has 0 aromatic heterocycles. The molecule has 0 radical (unpaired) electrons. The van der Waals surface area contributed by atoms with Crippen LogP contribution in [-0.4, -0.2) is 0 Å². The van der Waals surface area contributed by atoms with E-state index in [-0.39, 0.29) is 0 Å². The van der Waals surface area contributed by atoms with Crippen molar-refractivity contribution in [3.8, 4) is 11.1 Å². The van der Waals surface area contributed by atoms with E-state index in [1.165, 1.54) is 71.3 Å². The normalized spacial score (nSPS) is 12.5. The van der Waals surface area contributed by atoms with Gasteiger partial charge in [0.15, 0.2) is 0 Å². The van der Waals surface area contributed by atoms with Gasteiger partial charge in [0.05, 0.1) is 0 Å². The second-order valence-electron chi connectivity index (χ2n) is 9.47. The van der Waals surface area contributed by atoms with E-state index in [4.69, 9.17) is 0 Å². The zero-order valence-electron chi connectivity index (χ0n) is 20.3. The van der Waals surface area contributed by atoms with Crippen molar-refractivity contribution < 1.29 is 0 Å². The van der Waals surface area contributed by atoms with Gasteiger partial charge in [-0.3, -0.25) is 0 Å². The zero-order chi connectivity index (χ0) is 23.9. The van der Waals surface area contributed by atoms with E-state index < -0.39 is 0 Å². The Morgan fingerprint density at radius 2 is 1.23 bits per heavy atom. The molecular formula is C35H28. The minimum Gasteiger partial charge on any atom is -0.103 e. The molecule has 0 saturated heterocycles. The van der Waals surface area contributed by atoms with E-state index in [2.05, 4.69) is 117 Å².